The van der Waals surface area contributed by atoms with E-state index in [2.05, 4.69) is 15.6 Å². The molecule has 0 saturated heterocycles. The molecule has 3 aromatic carbocycles. The van der Waals surface area contributed by atoms with E-state index < -0.39 is 0 Å². The molecule has 2 amide bonds. The Labute approximate surface area is 189 Å². The predicted octanol–water partition coefficient (Wildman–Crippen LogP) is 5.50. The van der Waals surface area contributed by atoms with Crippen LogP contribution in [0.5, 0.6) is 0 Å². The highest BCUT2D eigenvalue weighted by Crippen LogP contribution is 2.23. The zero-order valence-electron chi connectivity index (χ0n) is 17.5. The number of rotatable bonds is 7. The van der Waals surface area contributed by atoms with Crippen molar-refractivity contribution >= 4 is 39.1 Å². The van der Waals surface area contributed by atoms with Crippen molar-refractivity contribution in [2.75, 3.05) is 5.32 Å². The van der Waals surface area contributed by atoms with Crippen LogP contribution in [0.25, 0.3) is 10.2 Å². The van der Waals surface area contributed by atoms with Crippen LogP contribution in [0.15, 0.2) is 72.8 Å². The van der Waals surface area contributed by atoms with Crippen molar-refractivity contribution in [1.29, 1.82) is 0 Å². The summed E-state index contributed by atoms with van der Waals surface area (Å²) in [6.07, 6.45) is 0.974. The number of aromatic nitrogens is 1. The highest BCUT2D eigenvalue weighted by molar-refractivity contribution is 7.18. The van der Waals surface area contributed by atoms with Gasteiger partial charge in [-0.05, 0) is 61.0 Å². The van der Waals surface area contributed by atoms with Gasteiger partial charge in [0.25, 0.3) is 5.91 Å². The smallest absolute Gasteiger partial charge is 0.255 e. The number of carbonyl (C=O) groups excluding carboxylic acids is 2. The molecule has 0 saturated carbocycles. The highest BCUT2D eigenvalue weighted by Gasteiger charge is 2.12. The van der Waals surface area contributed by atoms with Gasteiger partial charge in [0.15, 0.2) is 0 Å². The second-order valence-corrected chi connectivity index (χ2v) is 8.56. The maximum Gasteiger partial charge on any atom is 0.255 e. The van der Waals surface area contributed by atoms with Crippen LogP contribution in [-0.2, 0) is 11.2 Å². The lowest BCUT2D eigenvalue weighted by molar-refractivity contribution is -0.121. The van der Waals surface area contributed by atoms with E-state index in [0.717, 1.165) is 20.8 Å². The molecule has 32 heavy (non-hydrogen) atoms. The normalized spacial score (nSPS) is 11.8. The molecule has 1 heterocycles. The van der Waals surface area contributed by atoms with Crippen molar-refractivity contribution < 1.29 is 14.0 Å². The van der Waals surface area contributed by atoms with Crippen LogP contribution in [0.1, 0.15) is 40.3 Å². The van der Waals surface area contributed by atoms with Crippen LogP contribution in [0.3, 0.4) is 0 Å². The Morgan fingerprint density at radius 2 is 1.72 bits per heavy atom. The largest absolute Gasteiger partial charge is 0.350 e. The zero-order valence-corrected chi connectivity index (χ0v) is 18.3. The first-order valence-electron chi connectivity index (χ1n) is 10.3. The Hall–Kier alpha value is -3.58. The fraction of sp³-hybridized carbons (Fsp3) is 0.160. The van der Waals surface area contributed by atoms with Gasteiger partial charge in [-0.25, -0.2) is 9.37 Å². The summed E-state index contributed by atoms with van der Waals surface area (Å²) in [5.41, 5.74) is 2.90. The monoisotopic (exact) mass is 447 g/mol. The average Bonchev–Trinajstić information content (AvgIpc) is 3.22. The molecule has 0 aliphatic rings. The predicted molar refractivity (Wildman–Crippen MR) is 125 cm³/mol. The number of hydrogen-bond acceptors (Lipinski definition) is 4. The third kappa shape index (κ3) is 5.36. The van der Waals surface area contributed by atoms with Gasteiger partial charge < -0.3 is 10.6 Å². The summed E-state index contributed by atoms with van der Waals surface area (Å²) in [7, 11) is 0. The SMILES string of the molecule is CC(NC(=O)CCc1nc2ccccc2s1)c1ccc(NC(=O)c2ccc(F)cc2)cc1. The van der Waals surface area contributed by atoms with Gasteiger partial charge in [0.1, 0.15) is 5.82 Å². The third-order valence-electron chi connectivity index (χ3n) is 5.06. The van der Waals surface area contributed by atoms with Crippen molar-refractivity contribution in [3.8, 4) is 0 Å². The molecule has 0 radical (unpaired) electrons. The van der Waals surface area contributed by atoms with Crippen LogP contribution >= 0.6 is 11.3 Å². The van der Waals surface area contributed by atoms with Crippen LogP contribution in [0.4, 0.5) is 10.1 Å². The first-order chi connectivity index (χ1) is 15.5. The minimum Gasteiger partial charge on any atom is -0.350 e. The van der Waals surface area contributed by atoms with E-state index in [0.29, 0.717) is 24.1 Å². The first-order valence-corrected chi connectivity index (χ1v) is 11.1. The summed E-state index contributed by atoms with van der Waals surface area (Å²) in [5, 5.41) is 6.74. The number of halogens is 1. The molecule has 1 atom stereocenters. The van der Waals surface area contributed by atoms with Crippen molar-refractivity contribution in [2.45, 2.75) is 25.8 Å². The molecule has 7 heteroatoms. The van der Waals surface area contributed by atoms with Gasteiger partial charge in [-0.15, -0.1) is 11.3 Å². The van der Waals surface area contributed by atoms with E-state index in [4.69, 9.17) is 0 Å². The van der Waals surface area contributed by atoms with Gasteiger partial charge in [0.05, 0.1) is 21.3 Å². The maximum absolute atomic E-state index is 13.0. The molecular formula is C25H22FN3O2S. The van der Waals surface area contributed by atoms with E-state index in [1.54, 1.807) is 23.5 Å². The summed E-state index contributed by atoms with van der Waals surface area (Å²) < 4.78 is 14.1. The molecule has 5 nitrogen and oxygen atoms in total. The molecule has 0 aliphatic carbocycles. The van der Waals surface area contributed by atoms with Crippen LogP contribution in [0, 0.1) is 5.82 Å². The molecule has 0 spiro atoms. The van der Waals surface area contributed by atoms with Crippen molar-refractivity contribution in [2.24, 2.45) is 0 Å². The fourth-order valence-corrected chi connectivity index (χ4v) is 4.27. The Bertz CT molecular complexity index is 1200. The van der Waals surface area contributed by atoms with Gasteiger partial charge in [-0.1, -0.05) is 24.3 Å². The number of para-hydroxylation sites is 1. The summed E-state index contributed by atoms with van der Waals surface area (Å²) in [6, 6.07) is 20.4. The molecule has 4 aromatic rings. The second-order valence-electron chi connectivity index (χ2n) is 7.45. The van der Waals surface area contributed by atoms with Crippen molar-refractivity contribution in [3.63, 3.8) is 0 Å². The van der Waals surface area contributed by atoms with Crippen LogP contribution in [0.2, 0.25) is 0 Å². The second kappa shape index (κ2) is 9.70. The number of nitrogens with one attached hydrogen (secondary N) is 2. The molecule has 1 unspecified atom stereocenters. The average molecular weight is 448 g/mol. The third-order valence-corrected chi connectivity index (χ3v) is 6.15. The van der Waals surface area contributed by atoms with E-state index in [1.165, 1.54) is 24.3 Å². The minimum atomic E-state index is -0.387. The molecule has 0 aliphatic heterocycles. The minimum absolute atomic E-state index is 0.0366. The number of aryl methyl sites for hydroxylation is 1. The molecule has 0 fully saturated rings. The van der Waals surface area contributed by atoms with E-state index >= 15 is 0 Å². The Morgan fingerprint density at radius 3 is 2.44 bits per heavy atom. The topological polar surface area (TPSA) is 71.1 Å². The number of nitrogens with zero attached hydrogens (tertiary/aromatic N) is 1. The van der Waals surface area contributed by atoms with Gasteiger partial charge >= 0.3 is 0 Å². The molecule has 1 aromatic heterocycles. The van der Waals surface area contributed by atoms with Gasteiger partial charge in [-0.3, -0.25) is 9.59 Å². The molecule has 4 rings (SSSR count). The summed E-state index contributed by atoms with van der Waals surface area (Å²) >= 11 is 1.62. The van der Waals surface area contributed by atoms with E-state index in [1.807, 2.05) is 43.3 Å². The number of carbonyl (C=O) groups is 2. The number of hydrogen-bond donors (Lipinski definition) is 2. The summed E-state index contributed by atoms with van der Waals surface area (Å²) in [4.78, 5) is 29.2. The Morgan fingerprint density at radius 1 is 1.00 bits per heavy atom. The standard InChI is InChI=1S/C25H22FN3O2S/c1-16(27-23(30)14-15-24-29-21-4-2-3-5-22(21)32-24)17-8-12-20(13-9-17)28-25(31)18-6-10-19(26)11-7-18/h2-13,16H,14-15H2,1H3,(H,27,30)(H,28,31). The number of fused-ring (bicyclic) bond motifs is 1. The number of anilines is 1. The van der Waals surface area contributed by atoms with Crippen LogP contribution in [-0.4, -0.2) is 16.8 Å². The quantitative estimate of drug-likeness (QED) is 0.393. The lowest BCUT2D eigenvalue weighted by Gasteiger charge is -2.15. The van der Waals surface area contributed by atoms with Crippen molar-refractivity contribution in [3.05, 3.63) is 94.7 Å². The lowest BCUT2D eigenvalue weighted by Crippen LogP contribution is -2.26. The Kier molecular flexibility index (Phi) is 6.56. The summed E-state index contributed by atoms with van der Waals surface area (Å²) in [5.74, 6) is -0.735. The number of benzene rings is 3. The van der Waals surface area contributed by atoms with Gasteiger partial charge in [-0.2, -0.15) is 0 Å². The summed E-state index contributed by atoms with van der Waals surface area (Å²) in [6.45, 7) is 1.92. The first kappa shape index (κ1) is 21.6. The highest BCUT2D eigenvalue weighted by atomic mass is 32.1. The maximum atomic E-state index is 13.0. The molecule has 0 bridgehead atoms. The van der Waals surface area contributed by atoms with E-state index in [-0.39, 0.29) is 23.7 Å². The molecule has 162 valence electrons. The zero-order chi connectivity index (χ0) is 22.5. The molecule has 2 N–H and O–H groups in total. The van der Waals surface area contributed by atoms with Gasteiger partial charge in [0, 0.05) is 24.1 Å². The van der Waals surface area contributed by atoms with E-state index in [9.17, 15) is 14.0 Å². The Balaban J connectivity index is 1.29. The lowest BCUT2D eigenvalue weighted by atomic mass is 10.1. The number of thiazole rings is 1. The number of amides is 2. The van der Waals surface area contributed by atoms with Crippen molar-refractivity contribution in [1.82, 2.24) is 10.3 Å². The molecular weight excluding hydrogens is 425 g/mol. The fourth-order valence-electron chi connectivity index (χ4n) is 3.30. The van der Waals surface area contributed by atoms with Crippen LogP contribution < -0.4 is 10.6 Å². The van der Waals surface area contributed by atoms with Gasteiger partial charge in [0.2, 0.25) is 5.91 Å².